The first-order valence-electron chi connectivity index (χ1n) is 11.3. The molecule has 0 atom stereocenters. The molecule has 0 spiro atoms. The summed E-state index contributed by atoms with van der Waals surface area (Å²) in [6, 6.07) is 11.1. The summed E-state index contributed by atoms with van der Waals surface area (Å²) in [5, 5.41) is 6.42. The lowest BCUT2D eigenvalue weighted by molar-refractivity contribution is 0.231. The van der Waals surface area contributed by atoms with Crippen LogP contribution in [0.1, 0.15) is 19.4 Å². The lowest BCUT2D eigenvalue weighted by Crippen LogP contribution is -2.51. The summed E-state index contributed by atoms with van der Waals surface area (Å²) in [7, 11) is 3.31. The largest absolute Gasteiger partial charge is 0.488 e. The molecule has 192 valence electrons. The molecule has 12 heteroatoms. The highest BCUT2D eigenvalue weighted by atomic mass is 35.5. The van der Waals surface area contributed by atoms with Crippen molar-refractivity contribution in [3.8, 4) is 5.75 Å². The Morgan fingerprint density at radius 3 is 2.50 bits per heavy atom. The molecule has 1 heterocycles. The molecular formula is C24H29ClFN7O3. The molecule has 0 amide bonds. The number of halogens is 2. The summed E-state index contributed by atoms with van der Waals surface area (Å²) in [5.41, 5.74) is -0.272. The molecule has 0 unspecified atom stereocenters. The number of rotatable bonds is 8. The molecule has 0 fully saturated rings. The second kappa shape index (κ2) is 12.2. The highest BCUT2D eigenvalue weighted by Gasteiger charge is 2.11. The van der Waals surface area contributed by atoms with Gasteiger partial charge in [0.1, 0.15) is 0 Å². The van der Waals surface area contributed by atoms with Crippen LogP contribution in [0.15, 0.2) is 62.0 Å². The number of H-pyrrole nitrogens is 1. The summed E-state index contributed by atoms with van der Waals surface area (Å²) in [5.74, 6) is 0.00640. The molecule has 3 rings (SSSR count). The number of hydrogen-bond acceptors (Lipinski definition) is 5. The molecule has 0 bridgehead atoms. The zero-order valence-electron chi connectivity index (χ0n) is 20.5. The minimum absolute atomic E-state index is 0.0212. The van der Waals surface area contributed by atoms with E-state index in [1.54, 1.807) is 58.3 Å². The Morgan fingerprint density at radius 1 is 1.17 bits per heavy atom. The lowest BCUT2D eigenvalue weighted by atomic mass is 10.2. The van der Waals surface area contributed by atoms with Gasteiger partial charge in [-0.2, -0.15) is 0 Å². The third-order valence-corrected chi connectivity index (χ3v) is 5.29. The fourth-order valence-corrected chi connectivity index (χ4v) is 3.48. The third kappa shape index (κ3) is 6.85. The molecule has 3 N–H and O–H groups in total. The van der Waals surface area contributed by atoms with E-state index in [-0.39, 0.29) is 42.8 Å². The van der Waals surface area contributed by atoms with Crippen molar-refractivity contribution >= 4 is 23.2 Å². The van der Waals surface area contributed by atoms with E-state index in [2.05, 4.69) is 25.6 Å². The zero-order valence-corrected chi connectivity index (χ0v) is 21.3. The van der Waals surface area contributed by atoms with Gasteiger partial charge in [-0.25, -0.2) is 23.5 Å². The Balaban J connectivity index is 2.07. The van der Waals surface area contributed by atoms with Crippen molar-refractivity contribution in [3.63, 3.8) is 0 Å². The number of benzene rings is 2. The van der Waals surface area contributed by atoms with Crippen LogP contribution in [0, 0.1) is 5.82 Å². The standard InChI is InChI=1S/C24H29ClFN7O3/c1-15(2)36-20-10-9-18(13-19(20)26)30-22-31-23(34)32(12-11-29-21(27-3)28-4)24(35)33(22)14-16-5-7-17(25)8-6-16/h5-10,13,15H,11-12,14H2,1-4H3,(H2,27,28,29)(H,30,31,34). The van der Waals surface area contributed by atoms with Gasteiger partial charge in [-0.15, -0.1) is 0 Å². The van der Waals surface area contributed by atoms with Crippen LogP contribution in [-0.2, 0) is 13.1 Å². The van der Waals surface area contributed by atoms with Crippen molar-refractivity contribution in [2.75, 3.05) is 20.6 Å². The number of aliphatic imine (C=N–C) groups is 1. The number of guanidine groups is 1. The van der Waals surface area contributed by atoms with Crippen LogP contribution >= 0.6 is 11.6 Å². The summed E-state index contributed by atoms with van der Waals surface area (Å²) in [4.78, 5) is 37.2. The molecule has 10 nitrogen and oxygen atoms in total. The smallest absolute Gasteiger partial charge is 0.335 e. The van der Waals surface area contributed by atoms with Crippen molar-refractivity contribution < 1.29 is 9.13 Å². The molecule has 3 aromatic rings. The van der Waals surface area contributed by atoms with Crippen molar-refractivity contribution in [3.05, 3.63) is 85.5 Å². The quantitative estimate of drug-likeness (QED) is 0.312. The van der Waals surface area contributed by atoms with Crippen LogP contribution in [0.2, 0.25) is 5.02 Å². The Labute approximate surface area is 212 Å². The van der Waals surface area contributed by atoms with Crippen LogP contribution in [-0.4, -0.2) is 46.8 Å². The van der Waals surface area contributed by atoms with Gasteiger partial charge in [-0.1, -0.05) is 23.7 Å². The highest BCUT2D eigenvalue weighted by Crippen LogP contribution is 2.23. The van der Waals surface area contributed by atoms with Gasteiger partial charge in [0.15, 0.2) is 17.5 Å². The minimum atomic E-state index is -0.646. The summed E-state index contributed by atoms with van der Waals surface area (Å²) >= 11 is 5.99. The topological polar surface area (TPSA) is 118 Å². The molecule has 0 radical (unpaired) electrons. The van der Waals surface area contributed by atoms with Crippen LogP contribution in [0.25, 0.3) is 0 Å². The van der Waals surface area contributed by atoms with Gasteiger partial charge >= 0.3 is 11.4 Å². The number of aromatic nitrogens is 3. The van der Waals surface area contributed by atoms with Gasteiger partial charge < -0.3 is 15.4 Å². The first kappa shape index (κ1) is 26.7. The molecule has 36 heavy (non-hydrogen) atoms. The van der Waals surface area contributed by atoms with Gasteiger partial charge in [0.2, 0.25) is 5.62 Å². The minimum Gasteiger partial charge on any atom is -0.488 e. The van der Waals surface area contributed by atoms with Crippen LogP contribution in [0.5, 0.6) is 5.75 Å². The summed E-state index contributed by atoms with van der Waals surface area (Å²) < 4.78 is 22.3. The van der Waals surface area contributed by atoms with E-state index in [9.17, 15) is 14.0 Å². The van der Waals surface area contributed by atoms with E-state index in [4.69, 9.17) is 16.3 Å². The third-order valence-electron chi connectivity index (χ3n) is 5.04. The molecule has 1 aromatic heterocycles. The summed E-state index contributed by atoms with van der Waals surface area (Å²) in [6.45, 7) is 4.04. The SMILES string of the molecule is C/N=C(\NC)NCCn1c(=O)[nH]/c(=N\c2ccc(OC(C)C)c(F)c2)n(Cc2ccc(Cl)cc2)c1=O. The van der Waals surface area contributed by atoms with Crippen molar-refractivity contribution in [1.82, 2.24) is 24.8 Å². The number of aromatic amines is 1. The van der Waals surface area contributed by atoms with Crippen molar-refractivity contribution in [2.24, 2.45) is 9.98 Å². The van der Waals surface area contributed by atoms with Gasteiger partial charge in [0.05, 0.1) is 18.3 Å². The monoisotopic (exact) mass is 517 g/mol. The van der Waals surface area contributed by atoms with Gasteiger partial charge in [-0.3, -0.25) is 14.5 Å². The number of nitrogens with one attached hydrogen (secondary N) is 3. The predicted octanol–water partition coefficient (Wildman–Crippen LogP) is 1.99. The normalized spacial score (nSPS) is 12.2. The Hall–Kier alpha value is -3.86. The first-order valence-corrected chi connectivity index (χ1v) is 11.7. The molecular weight excluding hydrogens is 489 g/mol. The number of nitrogens with zero attached hydrogens (tertiary/aromatic N) is 4. The fraction of sp³-hybridized carbons (Fsp3) is 0.333. The van der Waals surface area contributed by atoms with E-state index in [1.807, 2.05) is 0 Å². The van der Waals surface area contributed by atoms with E-state index < -0.39 is 17.2 Å². The average molecular weight is 518 g/mol. The average Bonchev–Trinajstić information content (AvgIpc) is 2.84. The second-order valence-corrected chi connectivity index (χ2v) is 8.48. The van der Waals surface area contributed by atoms with Crippen molar-refractivity contribution in [2.45, 2.75) is 33.0 Å². The van der Waals surface area contributed by atoms with Gasteiger partial charge in [0.25, 0.3) is 0 Å². The summed E-state index contributed by atoms with van der Waals surface area (Å²) in [6.07, 6.45) is -0.199. The molecule has 0 aliphatic heterocycles. The van der Waals surface area contributed by atoms with Crippen LogP contribution < -0.4 is 32.4 Å². The predicted molar refractivity (Wildman–Crippen MR) is 138 cm³/mol. The highest BCUT2D eigenvalue weighted by molar-refractivity contribution is 6.30. The molecule has 2 aromatic carbocycles. The van der Waals surface area contributed by atoms with Gasteiger partial charge in [0, 0.05) is 38.3 Å². The van der Waals surface area contributed by atoms with Crippen LogP contribution in [0.4, 0.5) is 10.1 Å². The Bertz CT molecular complexity index is 1410. The van der Waals surface area contributed by atoms with E-state index in [0.29, 0.717) is 11.0 Å². The maximum absolute atomic E-state index is 14.5. The molecule has 0 saturated carbocycles. The van der Waals surface area contributed by atoms with Crippen molar-refractivity contribution in [1.29, 1.82) is 0 Å². The zero-order chi connectivity index (χ0) is 26.2. The second-order valence-electron chi connectivity index (χ2n) is 8.04. The maximum Gasteiger partial charge on any atom is 0.335 e. The Kier molecular flexibility index (Phi) is 9.07. The molecule has 0 saturated heterocycles. The van der Waals surface area contributed by atoms with E-state index in [0.717, 1.165) is 10.1 Å². The van der Waals surface area contributed by atoms with Crippen LogP contribution in [0.3, 0.4) is 0 Å². The molecule has 0 aliphatic rings. The van der Waals surface area contributed by atoms with Gasteiger partial charge in [-0.05, 0) is 43.7 Å². The maximum atomic E-state index is 14.5. The Morgan fingerprint density at radius 2 is 1.89 bits per heavy atom. The van der Waals surface area contributed by atoms with E-state index >= 15 is 0 Å². The lowest BCUT2D eigenvalue weighted by Gasteiger charge is -2.13. The fourth-order valence-electron chi connectivity index (χ4n) is 3.35. The van der Waals surface area contributed by atoms with E-state index in [1.165, 1.54) is 16.7 Å². The number of hydrogen-bond donors (Lipinski definition) is 3. The molecule has 0 aliphatic carbocycles. The number of ether oxygens (including phenoxy) is 1. The first-order chi connectivity index (χ1) is 17.2.